The van der Waals surface area contributed by atoms with Crippen LogP contribution in [0, 0.1) is 0 Å². The number of ether oxygens (including phenoxy) is 1. The maximum Gasteiger partial charge on any atom is 0.165 e. The van der Waals surface area contributed by atoms with Crippen LogP contribution in [0.15, 0.2) is 231 Å². The zero-order valence-corrected chi connectivity index (χ0v) is 39.1. The van der Waals surface area contributed by atoms with Crippen LogP contribution in [-0.4, -0.2) is 30.7 Å². The number of nitrogens with zero attached hydrogens (tertiary/aromatic N) is 5. The van der Waals surface area contributed by atoms with Crippen molar-refractivity contribution in [2.75, 3.05) is 6.61 Å². The van der Waals surface area contributed by atoms with Gasteiger partial charge in [0.05, 0.1) is 32.5 Å². The van der Waals surface area contributed by atoms with Crippen molar-refractivity contribution >= 4 is 80.7 Å². The highest BCUT2D eigenvalue weighted by atomic mass is 32.1. The van der Waals surface area contributed by atoms with E-state index in [0.717, 1.165) is 82.8 Å². The number of hydrogen-bond donors (Lipinski definition) is 0. The highest BCUT2D eigenvalue weighted by Crippen LogP contribution is 2.45. The fraction of sp³-hybridized carbons (Fsp3) is 0.0156. The molecule has 0 unspecified atom stereocenters. The van der Waals surface area contributed by atoms with E-state index < -0.39 is 0 Å². The van der Waals surface area contributed by atoms with Crippen molar-refractivity contribution in [3.8, 4) is 62.4 Å². The molecule has 0 N–H and O–H groups in total. The van der Waals surface area contributed by atoms with Crippen molar-refractivity contribution < 1.29 is 4.74 Å². The molecule has 14 rings (SSSR count). The lowest BCUT2D eigenvalue weighted by molar-refractivity contribution is 0.363. The van der Waals surface area contributed by atoms with E-state index in [0.29, 0.717) is 24.1 Å². The van der Waals surface area contributed by atoms with Gasteiger partial charge in [0.1, 0.15) is 12.4 Å². The minimum absolute atomic E-state index is 0.483. The molecule has 5 heterocycles. The summed E-state index contributed by atoms with van der Waals surface area (Å²) in [7, 11) is 0. The Morgan fingerprint density at radius 1 is 0.423 bits per heavy atom. The summed E-state index contributed by atoms with van der Waals surface area (Å²) in [6, 6.07) is 71.1. The second-order valence-corrected chi connectivity index (χ2v) is 18.9. The van der Waals surface area contributed by atoms with Gasteiger partial charge in [-0.1, -0.05) is 170 Å². The highest BCUT2D eigenvalue weighted by Gasteiger charge is 2.22. The molecule has 1 aliphatic rings. The van der Waals surface area contributed by atoms with Crippen LogP contribution in [0.2, 0.25) is 0 Å². The first-order chi connectivity index (χ1) is 35.1. The molecule has 0 saturated heterocycles. The van der Waals surface area contributed by atoms with Gasteiger partial charge in [-0.3, -0.25) is 0 Å². The largest absolute Gasteiger partial charge is 0.488 e. The number of hydrogen-bond acceptors (Lipinski definition) is 5. The predicted octanol–water partition coefficient (Wildman–Crippen LogP) is 16.6. The first-order valence-corrected chi connectivity index (χ1v) is 24.6. The zero-order valence-electron chi connectivity index (χ0n) is 38.3. The van der Waals surface area contributed by atoms with E-state index in [2.05, 4.69) is 180 Å². The van der Waals surface area contributed by atoms with Gasteiger partial charge in [0.2, 0.25) is 0 Å². The number of aromatic nitrogens is 5. The molecule has 9 aromatic carbocycles. The van der Waals surface area contributed by atoms with Gasteiger partial charge in [-0.05, 0) is 71.8 Å². The van der Waals surface area contributed by atoms with Gasteiger partial charge in [0.15, 0.2) is 17.5 Å². The summed E-state index contributed by atoms with van der Waals surface area (Å²) >= 11 is 1.80. The molecule has 7 heteroatoms. The van der Waals surface area contributed by atoms with Gasteiger partial charge in [-0.2, -0.15) is 0 Å². The minimum Gasteiger partial charge on any atom is -0.488 e. The number of thiophene rings is 1. The van der Waals surface area contributed by atoms with E-state index in [-0.39, 0.29) is 0 Å². The number of para-hydroxylation sites is 3. The summed E-state index contributed by atoms with van der Waals surface area (Å²) in [6.45, 7) is 4.85. The van der Waals surface area contributed by atoms with Crippen LogP contribution in [-0.2, 0) is 0 Å². The van der Waals surface area contributed by atoms with E-state index in [1.54, 1.807) is 11.3 Å². The lowest BCUT2D eigenvalue weighted by Crippen LogP contribution is -2.00. The predicted molar refractivity (Wildman–Crippen MR) is 296 cm³/mol. The molecule has 13 aromatic rings. The maximum absolute atomic E-state index is 6.45. The quantitative estimate of drug-likeness (QED) is 0.167. The van der Waals surface area contributed by atoms with Gasteiger partial charge in [0, 0.05) is 70.5 Å². The van der Waals surface area contributed by atoms with Gasteiger partial charge < -0.3 is 13.9 Å². The summed E-state index contributed by atoms with van der Waals surface area (Å²) in [5, 5.41) is 7.12. The van der Waals surface area contributed by atoms with Crippen molar-refractivity contribution in [3.05, 3.63) is 237 Å². The molecule has 0 aliphatic carbocycles. The number of rotatable bonds is 6. The van der Waals surface area contributed by atoms with Crippen LogP contribution in [0.25, 0.3) is 126 Å². The first kappa shape index (κ1) is 40.9. The van der Waals surface area contributed by atoms with E-state index in [4.69, 9.17) is 19.7 Å². The SMILES string of the molecule is C=C1/C=C\C=C/COc2c1cccc2-c1ccc2c(c1)c1ccccc1n2-c1ccc2c(c1)c1ccccc1n2-c1cccc2c1sc1c(-c3nc(-c4ccccc4)nc(-c4ccccc4)n3)cccc12. The third-order valence-electron chi connectivity index (χ3n) is 13.8. The summed E-state index contributed by atoms with van der Waals surface area (Å²) in [5.74, 6) is 2.79. The van der Waals surface area contributed by atoms with Gasteiger partial charge in [-0.15, -0.1) is 11.3 Å². The summed E-state index contributed by atoms with van der Waals surface area (Å²) in [6.07, 6.45) is 8.11. The second-order valence-electron chi connectivity index (χ2n) is 17.9. The van der Waals surface area contributed by atoms with Gasteiger partial charge in [0.25, 0.3) is 0 Å². The summed E-state index contributed by atoms with van der Waals surface area (Å²) < 4.78 is 13.6. The Bertz CT molecular complexity index is 4310. The highest BCUT2D eigenvalue weighted by molar-refractivity contribution is 7.26. The van der Waals surface area contributed by atoms with E-state index >= 15 is 0 Å². The van der Waals surface area contributed by atoms with Crippen molar-refractivity contribution in [2.45, 2.75) is 0 Å². The van der Waals surface area contributed by atoms with Crippen LogP contribution in [0.5, 0.6) is 5.75 Å². The van der Waals surface area contributed by atoms with Crippen LogP contribution in [0.3, 0.4) is 0 Å². The first-order valence-electron chi connectivity index (χ1n) is 23.8. The molecular formula is C64H41N5OS. The molecular weight excluding hydrogens is 887 g/mol. The van der Waals surface area contributed by atoms with Crippen molar-refractivity contribution in [1.82, 2.24) is 24.1 Å². The number of fused-ring (bicyclic) bond motifs is 10. The topological polar surface area (TPSA) is 57.8 Å². The van der Waals surface area contributed by atoms with E-state index in [1.165, 1.54) is 37.0 Å². The Morgan fingerprint density at radius 3 is 1.75 bits per heavy atom. The lowest BCUT2D eigenvalue weighted by atomic mass is 9.96. The average Bonchev–Trinajstić information content (AvgIpc) is 4.11. The zero-order chi connectivity index (χ0) is 47.0. The van der Waals surface area contributed by atoms with E-state index in [9.17, 15) is 0 Å². The molecule has 0 atom stereocenters. The molecule has 0 amide bonds. The molecule has 0 saturated carbocycles. The Labute approximate surface area is 413 Å². The second kappa shape index (κ2) is 16.5. The third kappa shape index (κ3) is 6.66. The molecule has 0 bridgehead atoms. The van der Waals surface area contributed by atoms with Crippen LogP contribution in [0.4, 0.5) is 0 Å². The Hall–Kier alpha value is -9.17. The monoisotopic (exact) mass is 927 g/mol. The van der Waals surface area contributed by atoms with E-state index in [1.807, 2.05) is 60.7 Å². The lowest BCUT2D eigenvalue weighted by Gasteiger charge is -2.16. The Morgan fingerprint density at radius 2 is 0.986 bits per heavy atom. The maximum atomic E-state index is 6.45. The smallest absolute Gasteiger partial charge is 0.165 e. The molecule has 71 heavy (non-hydrogen) atoms. The molecule has 334 valence electrons. The van der Waals surface area contributed by atoms with Crippen LogP contribution >= 0.6 is 11.3 Å². The average molecular weight is 928 g/mol. The summed E-state index contributed by atoms with van der Waals surface area (Å²) in [4.78, 5) is 15.3. The Balaban J connectivity index is 0.925. The molecule has 0 spiro atoms. The Kier molecular flexibility index (Phi) is 9.50. The van der Waals surface area contributed by atoms with Crippen LogP contribution < -0.4 is 4.74 Å². The fourth-order valence-corrected chi connectivity index (χ4v) is 11.9. The van der Waals surface area contributed by atoms with Gasteiger partial charge in [-0.25, -0.2) is 15.0 Å². The minimum atomic E-state index is 0.483. The molecule has 0 radical (unpaired) electrons. The molecule has 0 fully saturated rings. The molecule has 4 aromatic heterocycles. The fourth-order valence-electron chi connectivity index (χ4n) is 10.6. The standard InChI is InChI=1S/C64H41N5OS/c1-40-18-5-4-14-37-70-59-45(40)25-15-26-46(59)43-33-35-56-52(38-43)47-23-10-12-30-54(47)68(56)44-34-36-57-53(39-44)48-24-11-13-31-55(48)69(57)58-32-17-28-50-49-27-16-29-51(60(49)71-61(50)58)64-66-62(41-19-6-2-7-20-41)65-63(67-64)42-21-8-3-9-22-42/h2-36,38-39H,1,37H2/b14-4-,18-5-. The number of benzene rings is 9. The van der Waals surface area contributed by atoms with Crippen molar-refractivity contribution in [3.63, 3.8) is 0 Å². The van der Waals surface area contributed by atoms with Crippen molar-refractivity contribution in [2.24, 2.45) is 0 Å². The van der Waals surface area contributed by atoms with Crippen molar-refractivity contribution in [1.29, 1.82) is 0 Å². The number of allylic oxidation sites excluding steroid dienone is 4. The molecule has 1 aliphatic heterocycles. The normalized spacial score (nSPS) is 13.7. The summed E-state index contributed by atoms with van der Waals surface area (Å²) in [5.41, 5.74) is 13.8. The van der Waals surface area contributed by atoms with Crippen LogP contribution in [0.1, 0.15) is 5.56 Å². The van der Waals surface area contributed by atoms with Gasteiger partial charge >= 0.3 is 0 Å². The third-order valence-corrected chi connectivity index (χ3v) is 15.1. The molecule has 6 nitrogen and oxygen atoms in total.